The highest BCUT2D eigenvalue weighted by Gasteiger charge is 2.25. The number of nitrogens with zero attached hydrogens (tertiary/aromatic N) is 1. The molecule has 0 aliphatic rings. The summed E-state index contributed by atoms with van der Waals surface area (Å²) >= 11 is 0. The van der Waals surface area contributed by atoms with Crippen LogP contribution in [0, 0.1) is 0 Å². The number of carboxylic acids is 1. The predicted octanol–water partition coefficient (Wildman–Crippen LogP) is 15.5. The van der Waals surface area contributed by atoms with Gasteiger partial charge in [0.15, 0.2) is 6.10 Å². The summed E-state index contributed by atoms with van der Waals surface area (Å²) in [6.45, 7) is 4.75. The van der Waals surface area contributed by atoms with Crippen LogP contribution in [0.3, 0.4) is 0 Å². The van der Waals surface area contributed by atoms with Gasteiger partial charge in [-0.25, -0.2) is 4.79 Å². The second-order valence-corrected chi connectivity index (χ2v) is 19.2. The number of aliphatic carboxylic acids is 1. The van der Waals surface area contributed by atoms with Gasteiger partial charge in [0.05, 0.1) is 34.4 Å². The molecule has 9 heteroatoms. The number of carbonyl (C=O) groups is 3. The van der Waals surface area contributed by atoms with Crippen LogP contribution in [0.2, 0.25) is 0 Å². The van der Waals surface area contributed by atoms with Crippen LogP contribution in [0.1, 0.15) is 219 Å². The van der Waals surface area contributed by atoms with Crippen LogP contribution in [0.5, 0.6) is 0 Å². The molecule has 0 aromatic heterocycles. The van der Waals surface area contributed by atoms with Crippen molar-refractivity contribution in [1.82, 2.24) is 0 Å². The quantitative estimate of drug-likeness (QED) is 0.0211. The molecule has 2 atom stereocenters. The van der Waals surface area contributed by atoms with E-state index in [1.807, 2.05) is 21.1 Å². The molecule has 67 heavy (non-hydrogen) atoms. The Labute approximate surface area is 411 Å². The van der Waals surface area contributed by atoms with Crippen molar-refractivity contribution in [1.29, 1.82) is 0 Å². The van der Waals surface area contributed by atoms with E-state index in [9.17, 15) is 19.5 Å². The van der Waals surface area contributed by atoms with Gasteiger partial charge < -0.3 is 28.5 Å². The summed E-state index contributed by atoms with van der Waals surface area (Å²) in [6, 6.07) is 0. The first kappa shape index (κ1) is 63.7. The number of quaternary nitrogens is 1. The minimum absolute atomic E-state index is 0.182. The Morgan fingerprint density at radius 2 is 0.851 bits per heavy atom. The third kappa shape index (κ3) is 50.4. The lowest BCUT2D eigenvalue weighted by molar-refractivity contribution is -0.870. The molecule has 386 valence electrons. The van der Waals surface area contributed by atoms with Gasteiger partial charge >= 0.3 is 17.9 Å². The second kappa shape index (κ2) is 49.2. The van der Waals surface area contributed by atoms with E-state index in [-0.39, 0.29) is 32.2 Å². The Hall–Kier alpha value is -3.27. The van der Waals surface area contributed by atoms with E-state index in [0.717, 1.165) is 77.0 Å². The molecule has 0 bridgehead atoms. The van der Waals surface area contributed by atoms with Crippen molar-refractivity contribution in [3.63, 3.8) is 0 Å². The molecule has 0 amide bonds. The van der Waals surface area contributed by atoms with Crippen LogP contribution in [0.15, 0.2) is 72.9 Å². The summed E-state index contributed by atoms with van der Waals surface area (Å²) in [5.41, 5.74) is 0. The molecule has 0 radical (unpaired) electrons. The van der Waals surface area contributed by atoms with Gasteiger partial charge in [-0.15, -0.1) is 0 Å². The minimum atomic E-state index is -1.52. The van der Waals surface area contributed by atoms with Crippen LogP contribution in [0.25, 0.3) is 0 Å². The first-order valence-corrected chi connectivity index (χ1v) is 27.1. The van der Waals surface area contributed by atoms with Crippen LogP contribution < -0.4 is 0 Å². The number of carbonyl (C=O) groups excluding carboxylic acids is 2. The number of ether oxygens (including phenoxy) is 4. The fourth-order valence-corrected chi connectivity index (χ4v) is 7.27. The summed E-state index contributed by atoms with van der Waals surface area (Å²) in [6.07, 6.45) is 59.6. The zero-order valence-corrected chi connectivity index (χ0v) is 43.8. The maximum atomic E-state index is 12.8. The lowest BCUT2D eigenvalue weighted by Gasteiger charge is -2.25. The van der Waals surface area contributed by atoms with Crippen LogP contribution in [0.4, 0.5) is 0 Å². The molecule has 0 saturated carbocycles. The van der Waals surface area contributed by atoms with Gasteiger partial charge in [0.2, 0.25) is 0 Å². The summed E-state index contributed by atoms with van der Waals surface area (Å²) in [4.78, 5) is 37.4. The highest BCUT2D eigenvalue weighted by atomic mass is 16.7. The fraction of sp³-hybridized carbons (Fsp3) is 0.741. The monoisotopic (exact) mass is 941 g/mol. The average molecular weight is 941 g/mol. The Kier molecular flexibility index (Phi) is 46.8. The molecule has 9 nitrogen and oxygen atoms in total. The number of hydrogen-bond donors (Lipinski definition) is 1. The van der Waals surface area contributed by atoms with Crippen molar-refractivity contribution in [2.75, 3.05) is 47.5 Å². The maximum Gasteiger partial charge on any atom is 0.361 e. The van der Waals surface area contributed by atoms with Gasteiger partial charge in [0.1, 0.15) is 13.2 Å². The summed E-state index contributed by atoms with van der Waals surface area (Å²) < 4.78 is 22.8. The Balaban J connectivity index is 4.34. The third-order valence-electron chi connectivity index (χ3n) is 11.4. The van der Waals surface area contributed by atoms with E-state index in [2.05, 4.69) is 86.8 Å². The third-order valence-corrected chi connectivity index (χ3v) is 11.4. The first-order chi connectivity index (χ1) is 32.6. The number of unbranched alkanes of at least 4 members (excludes halogenated alkanes) is 22. The molecule has 2 unspecified atom stereocenters. The lowest BCUT2D eigenvalue weighted by atomic mass is 10.1. The Bertz CT molecular complexity index is 1330. The average Bonchev–Trinajstić information content (AvgIpc) is 3.29. The van der Waals surface area contributed by atoms with Crippen molar-refractivity contribution < 1.29 is 42.9 Å². The molecule has 0 aliphatic heterocycles. The molecule has 0 fully saturated rings. The zero-order valence-electron chi connectivity index (χ0n) is 43.8. The summed E-state index contributed by atoms with van der Waals surface area (Å²) in [7, 11) is 5.96. The highest BCUT2D eigenvalue weighted by molar-refractivity contribution is 5.71. The minimum Gasteiger partial charge on any atom is -0.477 e. The lowest BCUT2D eigenvalue weighted by Crippen LogP contribution is -2.40. The van der Waals surface area contributed by atoms with Gasteiger partial charge in [-0.2, -0.15) is 0 Å². The van der Waals surface area contributed by atoms with Crippen molar-refractivity contribution in [3.05, 3.63) is 72.9 Å². The van der Waals surface area contributed by atoms with Crippen LogP contribution >= 0.6 is 0 Å². The smallest absolute Gasteiger partial charge is 0.361 e. The van der Waals surface area contributed by atoms with Crippen molar-refractivity contribution in [3.8, 4) is 0 Å². The molecule has 0 aliphatic carbocycles. The predicted molar refractivity (Wildman–Crippen MR) is 281 cm³/mol. The van der Waals surface area contributed by atoms with E-state index in [1.165, 1.54) is 109 Å². The standard InChI is InChI=1S/C58H101NO8/c1-6-8-10-12-14-16-18-20-22-24-26-27-28-29-31-33-35-37-39-41-43-45-47-49-56(61)67-54(53-66-58(57(62)63)64-51-50-59(3,4)5)52-65-55(60)48-46-44-42-40-38-36-34-32-30-25-23-21-19-17-15-13-11-9-7-2/h8,10,14,16,20-23,26-27,29,31,54,58H,6-7,9,11-13,15,17-19,24-25,28,30,32-53H2,1-5H3/p+1/b10-8-,16-14-,22-20-,23-21-,27-26-,31-29-. The van der Waals surface area contributed by atoms with E-state index in [1.54, 1.807) is 0 Å². The highest BCUT2D eigenvalue weighted by Crippen LogP contribution is 2.15. The number of esters is 2. The normalized spacial score (nSPS) is 13.4. The van der Waals surface area contributed by atoms with E-state index in [4.69, 9.17) is 18.9 Å². The summed E-state index contributed by atoms with van der Waals surface area (Å²) in [5.74, 6) is -2.02. The molecule has 1 N–H and O–H groups in total. The van der Waals surface area contributed by atoms with Gasteiger partial charge in [-0.3, -0.25) is 9.59 Å². The largest absolute Gasteiger partial charge is 0.477 e. The number of hydrogen-bond acceptors (Lipinski definition) is 7. The molecule has 0 heterocycles. The summed E-state index contributed by atoms with van der Waals surface area (Å²) in [5, 5.41) is 9.69. The van der Waals surface area contributed by atoms with Gasteiger partial charge in [-0.1, -0.05) is 196 Å². The molecule has 0 rings (SSSR count). The molecular weight excluding hydrogens is 839 g/mol. The topological polar surface area (TPSA) is 108 Å². The second-order valence-electron chi connectivity index (χ2n) is 19.2. The van der Waals surface area contributed by atoms with Crippen molar-refractivity contribution in [2.24, 2.45) is 0 Å². The molecule has 0 aromatic rings. The molecule has 0 spiro atoms. The fourth-order valence-electron chi connectivity index (χ4n) is 7.27. The SMILES string of the molecule is CC/C=C\C/C=C\C/C=C\C/C=C\C/C=C\CCCCCCCCCC(=O)OC(COC(=O)CCCCCCCCCCC/C=C\CCCCCCCC)COC(OCC[N+](C)(C)C)C(=O)O. The van der Waals surface area contributed by atoms with Crippen molar-refractivity contribution >= 4 is 17.9 Å². The molecular formula is C58H102NO8+. The Morgan fingerprint density at radius 3 is 1.28 bits per heavy atom. The van der Waals surface area contributed by atoms with Gasteiger partial charge in [-0.05, 0) is 83.5 Å². The van der Waals surface area contributed by atoms with Crippen LogP contribution in [-0.4, -0.2) is 87.4 Å². The number of allylic oxidation sites excluding steroid dienone is 12. The van der Waals surface area contributed by atoms with Gasteiger partial charge in [0.25, 0.3) is 6.29 Å². The van der Waals surface area contributed by atoms with E-state index in [0.29, 0.717) is 23.9 Å². The Morgan fingerprint density at radius 1 is 0.463 bits per heavy atom. The molecule has 0 saturated heterocycles. The zero-order chi connectivity index (χ0) is 49.2. The number of rotatable bonds is 49. The van der Waals surface area contributed by atoms with E-state index < -0.39 is 24.3 Å². The van der Waals surface area contributed by atoms with Crippen LogP contribution in [-0.2, 0) is 33.3 Å². The van der Waals surface area contributed by atoms with Gasteiger partial charge in [0, 0.05) is 12.8 Å². The van der Waals surface area contributed by atoms with E-state index >= 15 is 0 Å². The van der Waals surface area contributed by atoms with Crippen molar-refractivity contribution in [2.45, 2.75) is 232 Å². The number of likely N-dealkylation sites (N-methyl/N-ethyl adjacent to an activating group) is 1. The maximum absolute atomic E-state index is 12.8. The number of carboxylic acid groups (broad SMARTS) is 1. The molecule has 0 aromatic carbocycles. The first-order valence-electron chi connectivity index (χ1n) is 27.1.